The molecule has 0 aliphatic heterocycles. The Morgan fingerprint density at radius 3 is 1.70 bits per heavy atom. The first-order valence-electron chi connectivity index (χ1n) is 5.31. The second-order valence-electron chi connectivity index (χ2n) is 3.68. The van der Waals surface area contributed by atoms with Crippen LogP contribution in [0.3, 0.4) is 0 Å². The Balaban J connectivity index is 2.76. The third-order valence-electron chi connectivity index (χ3n) is 1.84. The van der Waals surface area contributed by atoms with Crippen LogP contribution in [-0.4, -0.2) is 25.6 Å². The van der Waals surface area contributed by atoms with Crippen molar-refractivity contribution in [2.24, 2.45) is 0 Å². The van der Waals surface area contributed by atoms with Crippen LogP contribution in [0.5, 0.6) is 0 Å². The number of benzene rings is 1. The molecule has 0 saturated carbocycles. The Hall–Kier alpha value is -1.86. The summed E-state index contributed by atoms with van der Waals surface area (Å²) in [5, 5.41) is 0. The summed E-state index contributed by atoms with van der Waals surface area (Å²) in [6, 6.07) is 7.74. The predicted octanol–water partition coefficient (Wildman–Crippen LogP) is 4.14. The summed E-state index contributed by atoms with van der Waals surface area (Å²) in [6.07, 6.45) is -8.38. The van der Waals surface area contributed by atoms with Crippen LogP contribution >= 0.6 is 0 Å². The molecule has 0 aromatic heterocycles. The highest BCUT2D eigenvalue weighted by atomic mass is 19.4. The minimum Gasteiger partial charge on any atom is -0.456 e. The van der Waals surface area contributed by atoms with Gasteiger partial charge in [-0.2, -0.15) is 26.3 Å². The van der Waals surface area contributed by atoms with Crippen molar-refractivity contribution in [2.45, 2.75) is 12.4 Å². The standard InChI is InChI=1S/C12H10F6O2/c13-11(14,15)7-19-10(20-8-12(16,17)18)6-9-4-2-1-3-5-9/h1-6H,7-8H2. The lowest BCUT2D eigenvalue weighted by atomic mass is 10.2. The number of hydrogen-bond donors (Lipinski definition) is 0. The molecule has 2 nitrogen and oxygen atoms in total. The Labute approximate surface area is 110 Å². The van der Waals surface area contributed by atoms with Crippen LogP contribution in [0.1, 0.15) is 5.56 Å². The molecule has 0 N–H and O–H groups in total. The first-order valence-corrected chi connectivity index (χ1v) is 5.31. The monoisotopic (exact) mass is 300 g/mol. The minimum atomic E-state index is -4.67. The Kier molecular flexibility index (Phi) is 5.29. The third-order valence-corrected chi connectivity index (χ3v) is 1.84. The summed E-state index contributed by atoms with van der Waals surface area (Å²) in [5.41, 5.74) is 0.354. The lowest BCUT2D eigenvalue weighted by molar-refractivity contribution is -0.197. The average Bonchev–Trinajstić information content (AvgIpc) is 2.32. The molecule has 0 radical (unpaired) electrons. The van der Waals surface area contributed by atoms with Crippen LogP contribution in [0.25, 0.3) is 6.08 Å². The van der Waals surface area contributed by atoms with Crippen molar-refractivity contribution in [3.8, 4) is 0 Å². The molecule has 0 aliphatic rings. The van der Waals surface area contributed by atoms with Crippen LogP contribution in [0.4, 0.5) is 26.3 Å². The van der Waals surface area contributed by atoms with Gasteiger partial charge in [0.2, 0.25) is 0 Å². The van der Waals surface area contributed by atoms with Gasteiger partial charge in [0.05, 0.1) is 0 Å². The molecule has 0 heterocycles. The second kappa shape index (κ2) is 6.53. The Morgan fingerprint density at radius 1 is 0.850 bits per heavy atom. The Bertz CT molecular complexity index is 416. The Morgan fingerprint density at radius 2 is 1.30 bits per heavy atom. The first kappa shape index (κ1) is 16.2. The van der Waals surface area contributed by atoms with E-state index >= 15 is 0 Å². The molecular weight excluding hydrogens is 290 g/mol. The molecule has 0 fully saturated rings. The lowest BCUT2D eigenvalue weighted by Gasteiger charge is -2.14. The fourth-order valence-corrected chi connectivity index (χ4v) is 1.12. The van der Waals surface area contributed by atoms with Gasteiger partial charge in [0.1, 0.15) is 0 Å². The molecule has 0 saturated heterocycles. The fraction of sp³-hybridized carbons (Fsp3) is 0.333. The van der Waals surface area contributed by atoms with Crippen molar-refractivity contribution in [3.05, 3.63) is 41.8 Å². The van der Waals surface area contributed by atoms with Crippen LogP contribution in [0.15, 0.2) is 36.3 Å². The van der Waals surface area contributed by atoms with Crippen LogP contribution in [0, 0.1) is 0 Å². The smallest absolute Gasteiger partial charge is 0.422 e. The molecule has 20 heavy (non-hydrogen) atoms. The van der Waals surface area contributed by atoms with Gasteiger partial charge in [-0.3, -0.25) is 0 Å². The first-order chi connectivity index (χ1) is 9.16. The maximum atomic E-state index is 12.0. The van der Waals surface area contributed by atoms with Crippen molar-refractivity contribution in [1.29, 1.82) is 0 Å². The lowest BCUT2D eigenvalue weighted by Crippen LogP contribution is -2.21. The molecule has 0 bridgehead atoms. The number of hydrogen-bond acceptors (Lipinski definition) is 2. The van der Waals surface area contributed by atoms with E-state index in [0.29, 0.717) is 5.56 Å². The highest BCUT2D eigenvalue weighted by molar-refractivity contribution is 5.49. The normalized spacial score (nSPS) is 11.9. The molecule has 112 valence electrons. The molecule has 1 aromatic carbocycles. The fourth-order valence-electron chi connectivity index (χ4n) is 1.12. The van der Waals surface area contributed by atoms with Crippen LogP contribution < -0.4 is 0 Å². The topological polar surface area (TPSA) is 18.5 Å². The molecular formula is C12H10F6O2. The summed E-state index contributed by atoms with van der Waals surface area (Å²) >= 11 is 0. The summed E-state index contributed by atoms with van der Waals surface area (Å²) in [7, 11) is 0. The highest BCUT2D eigenvalue weighted by Crippen LogP contribution is 2.21. The summed E-state index contributed by atoms with van der Waals surface area (Å²) in [6.45, 7) is -3.47. The zero-order valence-corrected chi connectivity index (χ0v) is 9.96. The van der Waals surface area contributed by atoms with E-state index in [0.717, 1.165) is 6.08 Å². The SMILES string of the molecule is FC(F)(F)COC(=Cc1ccccc1)OCC(F)(F)F. The van der Waals surface area contributed by atoms with E-state index in [9.17, 15) is 26.3 Å². The molecule has 8 heteroatoms. The minimum absolute atomic E-state index is 0.354. The maximum Gasteiger partial charge on any atom is 0.422 e. The maximum absolute atomic E-state index is 12.0. The molecule has 0 aliphatic carbocycles. The van der Waals surface area contributed by atoms with Gasteiger partial charge in [-0.05, 0) is 5.56 Å². The van der Waals surface area contributed by atoms with Gasteiger partial charge in [-0.25, -0.2) is 0 Å². The molecule has 1 rings (SSSR count). The van der Waals surface area contributed by atoms with Gasteiger partial charge in [-0.1, -0.05) is 30.3 Å². The van der Waals surface area contributed by atoms with E-state index in [-0.39, 0.29) is 0 Å². The highest BCUT2D eigenvalue weighted by Gasteiger charge is 2.31. The quantitative estimate of drug-likeness (QED) is 0.601. The summed E-state index contributed by atoms with van der Waals surface area (Å²) in [5.74, 6) is -0.842. The van der Waals surface area contributed by atoms with Gasteiger partial charge in [0.15, 0.2) is 13.2 Å². The summed E-state index contributed by atoms with van der Waals surface area (Å²) in [4.78, 5) is 0. The van der Waals surface area contributed by atoms with Crippen molar-refractivity contribution < 1.29 is 35.8 Å². The van der Waals surface area contributed by atoms with Gasteiger partial charge in [-0.15, -0.1) is 0 Å². The van der Waals surface area contributed by atoms with Gasteiger partial charge in [0, 0.05) is 6.08 Å². The summed E-state index contributed by atoms with van der Waals surface area (Å²) < 4.78 is 80.4. The number of rotatable bonds is 5. The number of alkyl halides is 6. The van der Waals surface area contributed by atoms with Crippen LogP contribution in [0.2, 0.25) is 0 Å². The van der Waals surface area contributed by atoms with Gasteiger partial charge >= 0.3 is 12.4 Å². The zero-order valence-electron chi connectivity index (χ0n) is 9.96. The largest absolute Gasteiger partial charge is 0.456 e. The van der Waals surface area contributed by atoms with Crippen molar-refractivity contribution >= 4 is 6.08 Å². The van der Waals surface area contributed by atoms with Gasteiger partial charge in [0.25, 0.3) is 5.95 Å². The van der Waals surface area contributed by atoms with Crippen LogP contribution in [-0.2, 0) is 9.47 Å². The number of ether oxygens (including phenoxy) is 2. The molecule has 0 amide bonds. The van der Waals surface area contributed by atoms with E-state index in [2.05, 4.69) is 9.47 Å². The second-order valence-corrected chi connectivity index (χ2v) is 3.68. The average molecular weight is 300 g/mol. The molecule has 0 unspecified atom stereocenters. The van der Waals surface area contributed by atoms with Crippen molar-refractivity contribution in [3.63, 3.8) is 0 Å². The van der Waals surface area contributed by atoms with E-state index in [4.69, 9.17) is 0 Å². The van der Waals surface area contributed by atoms with Gasteiger partial charge < -0.3 is 9.47 Å². The van der Waals surface area contributed by atoms with E-state index in [1.54, 1.807) is 18.2 Å². The molecule has 1 aromatic rings. The number of halogens is 6. The molecule has 0 atom stereocenters. The molecule has 0 spiro atoms. The predicted molar refractivity (Wildman–Crippen MR) is 58.4 cm³/mol. The van der Waals surface area contributed by atoms with Crippen molar-refractivity contribution in [2.75, 3.05) is 13.2 Å². The van der Waals surface area contributed by atoms with Crippen molar-refractivity contribution in [1.82, 2.24) is 0 Å². The zero-order chi connectivity index (χ0) is 15.2. The third kappa shape index (κ3) is 7.55. The van der Waals surface area contributed by atoms with E-state index < -0.39 is 31.5 Å². The van der Waals surface area contributed by atoms with E-state index in [1.807, 2.05) is 0 Å². The van der Waals surface area contributed by atoms with E-state index in [1.165, 1.54) is 12.1 Å².